The second-order valence-electron chi connectivity index (χ2n) is 3.34. The van der Waals surface area contributed by atoms with Crippen LogP contribution >= 0.6 is 11.6 Å². The normalized spacial score (nSPS) is 12.1. The molecule has 0 aromatic carbocycles. The van der Waals surface area contributed by atoms with Gasteiger partial charge in [-0.15, -0.1) is 0 Å². The van der Waals surface area contributed by atoms with Gasteiger partial charge in [-0.3, -0.25) is 9.78 Å². The Bertz CT molecular complexity index is 556. The Morgan fingerprint density at radius 1 is 1.47 bits per heavy atom. The number of rotatable bonds is 1. The number of aromatic nitrogens is 4. The van der Waals surface area contributed by atoms with Gasteiger partial charge in [-0.1, -0.05) is 11.6 Å². The van der Waals surface area contributed by atoms with Crippen molar-refractivity contribution in [2.24, 2.45) is 7.05 Å². The van der Waals surface area contributed by atoms with Gasteiger partial charge in [-0.05, 0) is 0 Å². The second-order valence-corrected chi connectivity index (χ2v) is 3.70. The predicted molar refractivity (Wildman–Crippen MR) is 55.2 cm³/mol. The van der Waals surface area contributed by atoms with Crippen LogP contribution in [0.1, 0.15) is 5.69 Å². The first-order chi connectivity index (χ1) is 7.80. The molecule has 0 saturated carbocycles. The Balaban J connectivity index is 2.67. The second kappa shape index (κ2) is 3.66. The molecule has 0 atom stereocenters. The molecule has 0 spiro atoms. The van der Waals surface area contributed by atoms with Crippen molar-refractivity contribution in [2.75, 3.05) is 5.73 Å². The molecule has 0 aliphatic carbocycles. The van der Waals surface area contributed by atoms with E-state index >= 15 is 0 Å². The van der Waals surface area contributed by atoms with Gasteiger partial charge in [0.2, 0.25) is 0 Å². The molecule has 92 valence electrons. The Kier molecular flexibility index (Phi) is 2.53. The topological polar surface area (TPSA) is 72.5 Å². The fourth-order valence-corrected chi connectivity index (χ4v) is 1.63. The van der Waals surface area contributed by atoms with Crippen molar-refractivity contribution >= 4 is 17.4 Å². The highest BCUT2D eigenvalue weighted by atomic mass is 35.5. The van der Waals surface area contributed by atoms with Gasteiger partial charge in [-0.2, -0.15) is 23.4 Å². The summed E-state index contributed by atoms with van der Waals surface area (Å²) in [7, 11) is 1.32. The molecule has 0 saturated heterocycles. The molecule has 17 heavy (non-hydrogen) atoms. The number of hydrogen-bond acceptors (Lipinski definition) is 3. The number of nitrogens with one attached hydrogen (secondary N) is 1. The summed E-state index contributed by atoms with van der Waals surface area (Å²) in [5, 5.41) is 9.13. The van der Waals surface area contributed by atoms with Crippen molar-refractivity contribution in [1.82, 2.24) is 20.0 Å². The van der Waals surface area contributed by atoms with Crippen LogP contribution in [0.3, 0.4) is 0 Å². The number of nitrogens with two attached hydrogens (primary N) is 1. The zero-order valence-corrected chi connectivity index (χ0v) is 9.26. The van der Waals surface area contributed by atoms with Gasteiger partial charge < -0.3 is 5.73 Å². The smallest absolute Gasteiger partial charge is 0.382 e. The summed E-state index contributed by atoms with van der Waals surface area (Å²) in [5.41, 5.74) is 4.08. The van der Waals surface area contributed by atoms with Gasteiger partial charge in [0.1, 0.15) is 11.0 Å². The summed E-state index contributed by atoms with van der Waals surface area (Å²) < 4.78 is 39.1. The summed E-state index contributed by atoms with van der Waals surface area (Å²) in [6.45, 7) is 0. The summed E-state index contributed by atoms with van der Waals surface area (Å²) in [5.74, 6) is 0.0769. The average molecular weight is 266 g/mol. The molecule has 0 aliphatic heterocycles. The van der Waals surface area contributed by atoms with Crippen LogP contribution in [0.5, 0.6) is 0 Å². The molecule has 2 heterocycles. The van der Waals surface area contributed by atoms with Crippen molar-refractivity contribution in [3.8, 4) is 11.3 Å². The lowest BCUT2D eigenvalue weighted by atomic mass is 10.2. The lowest BCUT2D eigenvalue weighted by molar-refractivity contribution is -0.141. The molecular formula is C8H7ClF3N5. The molecule has 2 aromatic heterocycles. The lowest BCUT2D eigenvalue weighted by Crippen LogP contribution is -2.08. The number of halogens is 4. The lowest BCUT2D eigenvalue weighted by Gasteiger charge is -2.04. The minimum Gasteiger partial charge on any atom is -0.382 e. The molecule has 0 bridgehead atoms. The van der Waals surface area contributed by atoms with Gasteiger partial charge in [0.05, 0.1) is 11.3 Å². The summed E-state index contributed by atoms with van der Waals surface area (Å²) in [4.78, 5) is 0. The van der Waals surface area contributed by atoms with Crippen LogP contribution in [0.25, 0.3) is 11.3 Å². The monoisotopic (exact) mass is 265 g/mol. The van der Waals surface area contributed by atoms with E-state index in [-0.39, 0.29) is 22.2 Å². The van der Waals surface area contributed by atoms with E-state index in [1.807, 2.05) is 0 Å². The highest BCUT2D eigenvalue weighted by molar-refractivity contribution is 6.32. The maximum atomic E-state index is 12.7. The Hall–Kier alpha value is -1.70. The zero-order valence-electron chi connectivity index (χ0n) is 8.51. The Morgan fingerprint density at radius 3 is 2.59 bits per heavy atom. The van der Waals surface area contributed by atoms with Crippen molar-refractivity contribution in [2.45, 2.75) is 6.18 Å². The van der Waals surface area contributed by atoms with Gasteiger partial charge >= 0.3 is 6.18 Å². The van der Waals surface area contributed by atoms with E-state index in [1.54, 1.807) is 0 Å². The maximum absolute atomic E-state index is 12.7. The number of anilines is 1. The Morgan fingerprint density at radius 2 is 2.12 bits per heavy atom. The molecule has 0 amide bonds. The number of aryl methyl sites for hydroxylation is 1. The molecule has 0 aliphatic rings. The number of alkyl halides is 3. The fourth-order valence-electron chi connectivity index (χ4n) is 1.41. The summed E-state index contributed by atoms with van der Waals surface area (Å²) in [6.07, 6.45) is -4.60. The molecule has 0 radical (unpaired) electrons. The molecule has 2 rings (SSSR count). The first-order valence-corrected chi connectivity index (χ1v) is 4.79. The molecular weight excluding hydrogens is 259 g/mol. The maximum Gasteiger partial charge on any atom is 0.435 e. The highest BCUT2D eigenvalue weighted by Crippen LogP contribution is 2.39. The molecule has 2 aromatic rings. The molecule has 0 fully saturated rings. The van der Waals surface area contributed by atoms with Crippen molar-refractivity contribution in [3.63, 3.8) is 0 Å². The van der Waals surface area contributed by atoms with E-state index in [4.69, 9.17) is 17.3 Å². The van der Waals surface area contributed by atoms with Crippen molar-refractivity contribution in [3.05, 3.63) is 16.9 Å². The van der Waals surface area contributed by atoms with E-state index in [2.05, 4.69) is 15.3 Å². The number of aromatic amines is 1. The largest absolute Gasteiger partial charge is 0.435 e. The summed E-state index contributed by atoms with van der Waals surface area (Å²) >= 11 is 5.78. The number of H-pyrrole nitrogens is 1. The average Bonchev–Trinajstić information content (AvgIpc) is 2.72. The van der Waals surface area contributed by atoms with Gasteiger partial charge in [0.25, 0.3) is 0 Å². The van der Waals surface area contributed by atoms with E-state index in [9.17, 15) is 13.2 Å². The molecule has 3 N–H and O–H groups in total. The van der Waals surface area contributed by atoms with Crippen LogP contribution in [0.4, 0.5) is 19.0 Å². The van der Waals surface area contributed by atoms with Crippen molar-refractivity contribution < 1.29 is 13.2 Å². The van der Waals surface area contributed by atoms with Gasteiger partial charge in [0, 0.05) is 13.1 Å². The molecule has 5 nitrogen and oxygen atoms in total. The third kappa shape index (κ3) is 1.95. The standard InChI is InChI=1S/C8H7ClF3N5/c1-17-7(9)5(3-2-4(13)15-14-3)6(16-17)8(10,11)12/h2H,1H3,(H3,13,14,15). The van der Waals surface area contributed by atoms with Gasteiger partial charge in [0.15, 0.2) is 5.69 Å². The quantitative estimate of drug-likeness (QED) is 0.829. The number of nitrogens with zero attached hydrogens (tertiary/aromatic N) is 3. The van der Waals surface area contributed by atoms with E-state index in [0.29, 0.717) is 0 Å². The minimum absolute atomic E-state index is 0.0768. The molecule has 0 unspecified atom stereocenters. The number of hydrogen-bond donors (Lipinski definition) is 2. The first kappa shape index (κ1) is 11.8. The first-order valence-electron chi connectivity index (χ1n) is 4.41. The molecule has 9 heteroatoms. The van der Waals surface area contributed by atoms with Crippen LogP contribution in [-0.4, -0.2) is 20.0 Å². The van der Waals surface area contributed by atoms with Crippen molar-refractivity contribution in [1.29, 1.82) is 0 Å². The van der Waals surface area contributed by atoms with Crippen LogP contribution in [0.15, 0.2) is 6.07 Å². The predicted octanol–water partition coefficient (Wildman–Crippen LogP) is 2.06. The van der Waals surface area contributed by atoms with E-state index in [1.165, 1.54) is 13.1 Å². The third-order valence-electron chi connectivity index (χ3n) is 2.11. The number of nitrogen functional groups attached to an aromatic ring is 1. The van der Waals surface area contributed by atoms with E-state index < -0.39 is 11.9 Å². The SMILES string of the molecule is Cn1nc(C(F)(F)F)c(-c2cc(N)n[nH]2)c1Cl. The fraction of sp³-hybridized carbons (Fsp3) is 0.250. The highest BCUT2D eigenvalue weighted by Gasteiger charge is 2.39. The zero-order chi connectivity index (χ0) is 12.8. The third-order valence-corrected chi connectivity index (χ3v) is 2.55. The van der Waals surface area contributed by atoms with Crippen LogP contribution in [0, 0.1) is 0 Å². The van der Waals surface area contributed by atoms with Crippen LogP contribution in [-0.2, 0) is 13.2 Å². The van der Waals surface area contributed by atoms with E-state index in [0.717, 1.165) is 4.68 Å². The summed E-state index contributed by atoms with van der Waals surface area (Å²) in [6, 6.07) is 1.26. The minimum atomic E-state index is -4.60. The van der Waals surface area contributed by atoms with Crippen LogP contribution in [0.2, 0.25) is 5.15 Å². The van der Waals surface area contributed by atoms with Crippen LogP contribution < -0.4 is 5.73 Å². The van der Waals surface area contributed by atoms with Gasteiger partial charge in [-0.25, -0.2) is 0 Å². The Labute approximate surface area is 98.4 Å².